The summed E-state index contributed by atoms with van der Waals surface area (Å²) in [6.07, 6.45) is -2.82. The molecule has 9 aromatic rings. The maximum absolute atomic E-state index is 15.1. The molecule has 2 aliphatic heterocycles. The Hall–Kier alpha value is -8.09. The van der Waals surface area contributed by atoms with Crippen molar-refractivity contribution < 1.29 is 49.2 Å². The molecule has 11 rings (SSSR count). The quantitative estimate of drug-likeness (QED) is 0.0760. The highest BCUT2D eigenvalue weighted by Gasteiger charge is 2.45. The van der Waals surface area contributed by atoms with Crippen LogP contribution in [0.2, 0.25) is 0 Å². The van der Waals surface area contributed by atoms with Crippen molar-refractivity contribution in [3.05, 3.63) is 147 Å². The summed E-state index contributed by atoms with van der Waals surface area (Å²) in [5.41, 5.74) is 8.26. The number of carboxylic acids is 1. The van der Waals surface area contributed by atoms with E-state index in [4.69, 9.17) is 25.7 Å². The maximum atomic E-state index is 15.1. The minimum Gasteiger partial charge on any atom is -0.508 e. The highest BCUT2D eigenvalue weighted by atomic mass is 32.1. The van der Waals surface area contributed by atoms with Crippen LogP contribution in [0.5, 0.6) is 5.75 Å². The molecule has 22 nitrogen and oxygen atoms in total. The van der Waals surface area contributed by atoms with Crippen LogP contribution in [0.3, 0.4) is 0 Å². The number of thiazole rings is 6. The van der Waals surface area contributed by atoms with E-state index in [0.717, 1.165) is 45.3 Å². The minimum absolute atomic E-state index is 0.00524. The van der Waals surface area contributed by atoms with Gasteiger partial charge in [-0.25, -0.2) is 39.7 Å². The normalized spacial score (nSPS) is 20.0. The smallest absolute Gasteiger partial charge is 0.355 e. The van der Waals surface area contributed by atoms with E-state index >= 15 is 4.79 Å². The molecule has 0 saturated carbocycles. The van der Waals surface area contributed by atoms with Gasteiger partial charge in [-0.2, -0.15) is 0 Å². The number of aromatic carboxylic acids is 1. The predicted molar refractivity (Wildman–Crippen MR) is 303 cm³/mol. The van der Waals surface area contributed by atoms with Crippen molar-refractivity contribution in [2.45, 2.75) is 63.1 Å². The minimum atomic E-state index is -1.41. The Kier molecular flexibility index (Phi) is 15.4. The molecule has 0 aliphatic carbocycles. The molecule has 81 heavy (non-hydrogen) atoms. The molecule has 9 heterocycles. The van der Waals surface area contributed by atoms with Crippen LogP contribution < -0.4 is 21.7 Å². The molecule has 28 heteroatoms. The summed E-state index contributed by atoms with van der Waals surface area (Å²) in [4.78, 5) is 117. The van der Waals surface area contributed by atoms with E-state index in [1.165, 1.54) is 55.8 Å². The van der Waals surface area contributed by atoms with Crippen molar-refractivity contribution in [2.24, 2.45) is 11.7 Å². The fourth-order valence-electron chi connectivity index (χ4n) is 9.29. The number of carbonyl (C=O) groups is 6. The number of benzene rings is 2. The lowest BCUT2D eigenvalue weighted by molar-refractivity contribution is -0.134. The van der Waals surface area contributed by atoms with E-state index in [9.17, 15) is 44.4 Å². The number of aromatic hydroxyl groups is 1. The third kappa shape index (κ3) is 11.4. The van der Waals surface area contributed by atoms with Crippen molar-refractivity contribution in [1.82, 2.24) is 55.7 Å². The number of hydrogen-bond donors (Lipinski definition) is 8. The number of rotatable bonds is 8. The van der Waals surface area contributed by atoms with E-state index < -0.39 is 84.2 Å². The predicted octanol–water partition coefficient (Wildman–Crippen LogP) is 6.99. The number of hydrogen-bond acceptors (Lipinski definition) is 22. The van der Waals surface area contributed by atoms with Gasteiger partial charge in [-0.1, -0.05) is 49.4 Å². The number of nitrogens with two attached hydrogens (primary N) is 1. The number of fused-ring (bicyclic) bond motifs is 16. The van der Waals surface area contributed by atoms with E-state index in [1.54, 1.807) is 72.3 Å². The zero-order valence-electron chi connectivity index (χ0n) is 42.2. The fraction of sp³-hybridized carbons (Fsp3) is 0.226. The van der Waals surface area contributed by atoms with Gasteiger partial charge in [-0.05, 0) is 42.3 Å². The number of nitrogens with one attached hydrogen (secondary N) is 3. The lowest BCUT2D eigenvalue weighted by Crippen LogP contribution is -2.50. The molecule has 5 amide bonds. The highest BCUT2D eigenvalue weighted by molar-refractivity contribution is 7.15. The van der Waals surface area contributed by atoms with Gasteiger partial charge in [-0.3, -0.25) is 24.0 Å². The van der Waals surface area contributed by atoms with E-state index in [0.29, 0.717) is 64.4 Å². The Bertz CT molecular complexity index is 3890. The second-order valence-electron chi connectivity index (χ2n) is 18.9. The standard InChI is InChI=1S/C53H44N12O10S6/c1-22-36(67)16-65-41(22)51-61-34(20-80-51)48-58-31(17-77-48)39-27(12-13-28(55-39)47-62-35(21-78-47)53(74)75)46-59-32(18-76-46)43(70)56-29(15-37(54)68)49-64-38(23(2)81-49)45(72)63-40(42(69)25-6-4-3-5-7-25)50-60-33(19-79-50)44(71)57-30(52(65)73)14-24-8-10-26(66)11-9-24/h3-13,17-22,29-30,36,40-42,66-67,69H,14-16H2,1-2H3,(H2,54,68)(H,56,70)(H,57,71)(H,63,72)(H,74,75)/t22-,29-,30-,36-,40-,41+,42+/m0/s1. The van der Waals surface area contributed by atoms with Gasteiger partial charge in [0.2, 0.25) is 11.8 Å². The fourth-order valence-corrected chi connectivity index (χ4v) is 14.6. The molecular formula is C53H44N12O10S6. The maximum Gasteiger partial charge on any atom is 0.355 e. The van der Waals surface area contributed by atoms with Crippen LogP contribution in [-0.4, -0.2) is 114 Å². The topological polar surface area (TPSA) is 339 Å². The first kappa shape index (κ1) is 54.8. The molecule has 2 aliphatic rings. The van der Waals surface area contributed by atoms with Crippen LogP contribution in [0.15, 0.2) is 93.6 Å². The van der Waals surface area contributed by atoms with Gasteiger partial charge < -0.3 is 47.0 Å². The molecule has 7 atom stereocenters. The molecule has 0 unspecified atom stereocenters. The Morgan fingerprint density at radius 1 is 0.679 bits per heavy atom. The van der Waals surface area contributed by atoms with Crippen molar-refractivity contribution in [1.29, 1.82) is 0 Å². The molecule has 0 spiro atoms. The Morgan fingerprint density at radius 3 is 2.06 bits per heavy atom. The van der Waals surface area contributed by atoms with Crippen molar-refractivity contribution >= 4 is 104 Å². The number of phenols is 1. The van der Waals surface area contributed by atoms with Crippen LogP contribution >= 0.6 is 68.0 Å². The molecule has 7 aromatic heterocycles. The molecule has 1 saturated heterocycles. The van der Waals surface area contributed by atoms with Gasteiger partial charge >= 0.3 is 5.97 Å². The summed E-state index contributed by atoms with van der Waals surface area (Å²) in [7, 11) is 0. The summed E-state index contributed by atoms with van der Waals surface area (Å²) in [5, 5.41) is 61.5. The Morgan fingerprint density at radius 2 is 1.32 bits per heavy atom. The summed E-state index contributed by atoms with van der Waals surface area (Å²) >= 11 is 6.76. The highest BCUT2D eigenvalue weighted by Crippen LogP contribution is 2.43. The number of amides is 5. The zero-order valence-corrected chi connectivity index (χ0v) is 47.1. The molecule has 412 valence electrons. The van der Waals surface area contributed by atoms with Gasteiger partial charge in [-0.15, -0.1) is 68.0 Å². The van der Waals surface area contributed by atoms with Gasteiger partial charge in [0.05, 0.1) is 30.3 Å². The summed E-state index contributed by atoms with van der Waals surface area (Å²) in [6, 6.07) is 13.7. The van der Waals surface area contributed by atoms with Crippen molar-refractivity contribution in [2.75, 3.05) is 6.54 Å². The number of nitrogens with zero attached hydrogens (tertiary/aromatic N) is 8. The lowest BCUT2D eigenvalue weighted by Gasteiger charge is -2.29. The number of phenolic OH excluding ortho intramolecular Hbond substituents is 1. The summed E-state index contributed by atoms with van der Waals surface area (Å²) in [6.45, 7) is 3.34. The number of pyridine rings is 1. The number of carboxylic acid groups (broad SMARTS) is 1. The number of aryl methyl sites for hydroxylation is 1. The molecule has 1 fully saturated rings. The Balaban J connectivity index is 1.02. The molecule has 2 aromatic carbocycles. The number of primary amides is 1. The largest absolute Gasteiger partial charge is 0.508 e. The first-order valence-electron chi connectivity index (χ1n) is 24.7. The molecule has 0 radical (unpaired) electrons. The van der Waals surface area contributed by atoms with Crippen molar-refractivity contribution in [3.63, 3.8) is 0 Å². The SMILES string of the molecule is Cc1sc2nc1C(=O)N[C@@H]([C@H](O)c1ccccc1)c1nc(cs1)C(=O)N[C@@H](Cc1ccc(O)cc1)C(=O)N1C[C@H](O)[C@H](C)[C@@H]1c1nc(cs1)-c1nc(cs1)-c1nc(-c3nc(C(=O)O)cs3)ccc1-c1nc(cs1)C(=O)N[C@H]2CC(N)=O. The monoisotopic (exact) mass is 1200 g/mol. The van der Waals surface area contributed by atoms with Gasteiger partial charge in [0.25, 0.3) is 17.7 Å². The number of aromatic nitrogens is 7. The van der Waals surface area contributed by atoms with E-state index in [2.05, 4.69) is 30.9 Å². The first-order valence-corrected chi connectivity index (χ1v) is 29.9. The lowest BCUT2D eigenvalue weighted by atomic mass is 10.00. The van der Waals surface area contributed by atoms with Crippen LogP contribution in [0.4, 0.5) is 0 Å². The second-order valence-corrected chi connectivity index (χ2v) is 24.5. The average Bonchev–Trinajstić information content (AvgIpc) is 4.47. The van der Waals surface area contributed by atoms with Crippen molar-refractivity contribution in [3.8, 4) is 49.1 Å². The van der Waals surface area contributed by atoms with E-state index in [1.807, 2.05) is 6.92 Å². The third-order valence-corrected chi connectivity index (χ3v) is 19.0. The summed E-state index contributed by atoms with van der Waals surface area (Å²) < 4.78 is 0. The third-order valence-electron chi connectivity index (χ3n) is 13.4. The Labute approximate surface area is 483 Å². The van der Waals surface area contributed by atoms with E-state index in [-0.39, 0.29) is 51.5 Å². The first-order chi connectivity index (χ1) is 39.0. The van der Waals surface area contributed by atoms with Gasteiger partial charge in [0.15, 0.2) is 5.69 Å². The summed E-state index contributed by atoms with van der Waals surface area (Å²) in [5.74, 6) is -5.23. The van der Waals surface area contributed by atoms with Crippen LogP contribution in [0.25, 0.3) is 43.4 Å². The van der Waals surface area contributed by atoms with Crippen LogP contribution in [0, 0.1) is 12.8 Å². The second kappa shape index (κ2) is 22.8. The van der Waals surface area contributed by atoms with Crippen LogP contribution in [0.1, 0.15) is 111 Å². The van der Waals surface area contributed by atoms with Gasteiger partial charge in [0, 0.05) is 56.2 Å². The number of aliphatic hydroxyl groups excluding tert-OH is 2. The number of aliphatic hydroxyl groups is 2. The molecule has 10 bridgehead atoms. The molecular weight excluding hydrogens is 1160 g/mol. The van der Waals surface area contributed by atoms with Crippen LogP contribution in [-0.2, 0) is 16.0 Å². The molecule has 9 N–H and O–H groups in total. The average molecular weight is 1200 g/mol. The van der Waals surface area contributed by atoms with Gasteiger partial charge in [0.1, 0.15) is 88.1 Å². The number of carbonyl (C=O) groups excluding carboxylic acids is 5. The zero-order chi connectivity index (χ0) is 56.8.